The quantitative estimate of drug-likeness (QED) is 0.725. The number of hydrogen-bond donors (Lipinski definition) is 1. The second-order valence-corrected chi connectivity index (χ2v) is 6.38. The summed E-state index contributed by atoms with van der Waals surface area (Å²) in [6.07, 6.45) is 1.70. The van der Waals surface area contributed by atoms with E-state index in [-0.39, 0.29) is 11.2 Å². The molecule has 0 aliphatic heterocycles. The average molecular weight is 327 g/mol. The summed E-state index contributed by atoms with van der Waals surface area (Å²) in [5.41, 5.74) is 1.99. The lowest BCUT2D eigenvalue weighted by Gasteiger charge is -2.12. The molecule has 0 saturated heterocycles. The largest absolute Gasteiger partial charge is 0.490 e. The predicted octanol–water partition coefficient (Wildman–Crippen LogP) is 4.51. The third-order valence-electron chi connectivity index (χ3n) is 3.20. The van der Waals surface area contributed by atoms with Crippen molar-refractivity contribution in [2.45, 2.75) is 17.9 Å². The summed E-state index contributed by atoms with van der Waals surface area (Å²) in [7, 11) is 0. The zero-order chi connectivity index (χ0) is 16.5. The van der Waals surface area contributed by atoms with Gasteiger partial charge >= 0.3 is 0 Å². The van der Waals surface area contributed by atoms with Gasteiger partial charge in [-0.1, -0.05) is 43.0 Å². The van der Waals surface area contributed by atoms with Crippen LogP contribution in [0.3, 0.4) is 0 Å². The van der Waals surface area contributed by atoms with Crippen LogP contribution in [0.4, 0.5) is 5.69 Å². The summed E-state index contributed by atoms with van der Waals surface area (Å²) in [6.45, 7) is 6.00. The number of rotatable bonds is 8. The molecule has 0 aliphatic rings. The molecule has 1 amide bonds. The van der Waals surface area contributed by atoms with E-state index >= 15 is 0 Å². The van der Waals surface area contributed by atoms with Crippen LogP contribution in [0.5, 0.6) is 5.75 Å². The van der Waals surface area contributed by atoms with Crippen LogP contribution in [-0.2, 0) is 10.5 Å². The molecule has 2 aromatic rings. The van der Waals surface area contributed by atoms with Gasteiger partial charge in [-0.3, -0.25) is 4.79 Å². The first-order valence-corrected chi connectivity index (χ1v) is 8.54. The molecule has 3 nitrogen and oxygen atoms in total. The fraction of sp³-hybridized carbons (Fsp3) is 0.211. The molecule has 0 aromatic heterocycles. The van der Waals surface area contributed by atoms with Gasteiger partial charge in [-0.2, -0.15) is 0 Å². The van der Waals surface area contributed by atoms with Crippen LogP contribution in [0.25, 0.3) is 0 Å². The number of amides is 1. The summed E-state index contributed by atoms with van der Waals surface area (Å²) in [6, 6.07) is 17.5. The monoisotopic (exact) mass is 327 g/mol. The maximum atomic E-state index is 12.2. The fourth-order valence-electron chi connectivity index (χ4n) is 1.90. The standard InChI is InChI=1S/C19H21NO2S/c1-3-13-22-18-11-9-17(10-12-18)20-19(21)15(2)23-14-16-7-5-4-6-8-16/h3-12,15H,1,13-14H2,2H3,(H,20,21)/t15-/m1/s1. The molecular weight excluding hydrogens is 306 g/mol. The summed E-state index contributed by atoms with van der Waals surface area (Å²) >= 11 is 1.62. The first-order chi connectivity index (χ1) is 11.2. The molecule has 1 atom stereocenters. The zero-order valence-corrected chi connectivity index (χ0v) is 14.0. The Morgan fingerprint density at radius 1 is 1.22 bits per heavy atom. The number of nitrogens with one attached hydrogen (secondary N) is 1. The van der Waals surface area contributed by atoms with Crippen molar-refractivity contribution in [2.24, 2.45) is 0 Å². The maximum Gasteiger partial charge on any atom is 0.237 e. The van der Waals surface area contributed by atoms with Gasteiger partial charge in [-0.25, -0.2) is 0 Å². The first kappa shape index (κ1) is 17.2. The van der Waals surface area contributed by atoms with Crippen LogP contribution in [0, 0.1) is 0 Å². The fourth-order valence-corrected chi connectivity index (χ4v) is 2.75. The summed E-state index contributed by atoms with van der Waals surface area (Å²) in [4.78, 5) is 12.2. The molecule has 0 spiro atoms. The molecule has 0 aliphatic carbocycles. The smallest absolute Gasteiger partial charge is 0.237 e. The highest BCUT2D eigenvalue weighted by atomic mass is 32.2. The Balaban J connectivity index is 1.82. The van der Waals surface area contributed by atoms with E-state index < -0.39 is 0 Å². The van der Waals surface area contributed by atoms with Gasteiger partial charge in [0.1, 0.15) is 12.4 Å². The molecule has 1 N–H and O–H groups in total. The van der Waals surface area contributed by atoms with Gasteiger partial charge < -0.3 is 10.1 Å². The third kappa shape index (κ3) is 5.83. The van der Waals surface area contributed by atoms with Crippen molar-refractivity contribution in [1.82, 2.24) is 0 Å². The Hall–Kier alpha value is -2.20. The van der Waals surface area contributed by atoms with Gasteiger partial charge in [0, 0.05) is 11.4 Å². The molecule has 0 saturated carbocycles. The Kier molecular flexibility index (Phi) is 6.76. The molecule has 0 heterocycles. The van der Waals surface area contributed by atoms with E-state index in [0.717, 1.165) is 17.2 Å². The normalized spacial score (nSPS) is 11.5. The van der Waals surface area contributed by atoms with Crippen molar-refractivity contribution in [3.8, 4) is 5.75 Å². The zero-order valence-electron chi connectivity index (χ0n) is 13.2. The second kappa shape index (κ2) is 9.06. The van der Waals surface area contributed by atoms with Gasteiger partial charge in [0.15, 0.2) is 0 Å². The van der Waals surface area contributed by atoms with Crippen LogP contribution >= 0.6 is 11.8 Å². The number of hydrogen-bond acceptors (Lipinski definition) is 3. The number of ether oxygens (including phenoxy) is 1. The van der Waals surface area contributed by atoms with Crippen molar-refractivity contribution in [3.05, 3.63) is 72.8 Å². The maximum absolute atomic E-state index is 12.2. The van der Waals surface area contributed by atoms with Crippen LogP contribution in [-0.4, -0.2) is 17.8 Å². The van der Waals surface area contributed by atoms with Crippen molar-refractivity contribution < 1.29 is 9.53 Å². The Bertz CT molecular complexity index is 626. The second-order valence-electron chi connectivity index (χ2n) is 5.05. The molecule has 2 aromatic carbocycles. The van der Waals surface area contributed by atoms with Gasteiger partial charge in [0.25, 0.3) is 0 Å². The van der Waals surface area contributed by atoms with E-state index in [0.29, 0.717) is 6.61 Å². The Labute approximate surface area is 141 Å². The van der Waals surface area contributed by atoms with E-state index in [9.17, 15) is 4.79 Å². The molecule has 4 heteroatoms. The Morgan fingerprint density at radius 3 is 2.57 bits per heavy atom. The van der Waals surface area contributed by atoms with Crippen molar-refractivity contribution in [1.29, 1.82) is 0 Å². The van der Waals surface area contributed by atoms with Gasteiger partial charge in [0.05, 0.1) is 5.25 Å². The van der Waals surface area contributed by atoms with Crippen LogP contribution in [0.1, 0.15) is 12.5 Å². The molecule has 0 radical (unpaired) electrons. The predicted molar refractivity (Wildman–Crippen MR) is 98.0 cm³/mol. The van der Waals surface area contributed by atoms with Crippen LogP contribution in [0.2, 0.25) is 0 Å². The average Bonchev–Trinajstić information content (AvgIpc) is 2.60. The molecule has 120 valence electrons. The lowest BCUT2D eigenvalue weighted by Crippen LogP contribution is -2.22. The van der Waals surface area contributed by atoms with Crippen molar-refractivity contribution in [2.75, 3.05) is 11.9 Å². The SMILES string of the molecule is C=CCOc1ccc(NC(=O)[C@@H](C)SCc2ccccc2)cc1. The van der Waals surface area contributed by atoms with E-state index in [1.807, 2.05) is 49.4 Å². The minimum Gasteiger partial charge on any atom is -0.490 e. The topological polar surface area (TPSA) is 38.3 Å². The van der Waals surface area contributed by atoms with Gasteiger partial charge in [-0.15, -0.1) is 11.8 Å². The highest BCUT2D eigenvalue weighted by molar-refractivity contribution is 7.99. The number of carbonyl (C=O) groups is 1. The lowest BCUT2D eigenvalue weighted by molar-refractivity contribution is -0.115. The van der Waals surface area contributed by atoms with E-state index in [2.05, 4.69) is 24.0 Å². The summed E-state index contributed by atoms with van der Waals surface area (Å²) in [5.74, 6) is 1.59. The summed E-state index contributed by atoms with van der Waals surface area (Å²) in [5, 5.41) is 2.81. The van der Waals surface area contributed by atoms with E-state index in [1.165, 1.54) is 5.56 Å². The highest BCUT2D eigenvalue weighted by Crippen LogP contribution is 2.20. The molecule has 2 rings (SSSR count). The Morgan fingerprint density at radius 2 is 1.91 bits per heavy atom. The van der Waals surface area contributed by atoms with Gasteiger partial charge in [0.2, 0.25) is 5.91 Å². The molecule has 23 heavy (non-hydrogen) atoms. The highest BCUT2D eigenvalue weighted by Gasteiger charge is 2.13. The minimum atomic E-state index is -0.119. The molecule has 0 bridgehead atoms. The lowest BCUT2D eigenvalue weighted by atomic mass is 10.2. The van der Waals surface area contributed by atoms with Gasteiger partial charge in [-0.05, 0) is 36.8 Å². The third-order valence-corrected chi connectivity index (χ3v) is 4.42. The number of benzene rings is 2. The van der Waals surface area contributed by atoms with Crippen LogP contribution in [0.15, 0.2) is 67.3 Å². The number of anilines is 1. The number of carbonyl (C=O) groups excluding carboxylic acids is 1. The van der Waals surface area contributed by atoms with E-state index in [1.54, 1.807) is 17.8 Å². The van der Waals surface area contributed by atoms with Crippen molar-refractivity contribution >= 4 is 23.4 Å². The van der Waals surface area contributed by atoms with Crippen molar-refractivity contribution in [3.63, 3.8) is 0 Å². The number of thioether (sulfide) groups is 1. The summed E-state index contributed by atoms with van der Waals surface area (Å²) < 4.78 is 5.42. The minimum absolute atomic E-state index is 0.00527. The van der Waals surface area contributed by atoms with E-state index in [4.69, 9.17) is 4.74 Å². The van der Waals surface area contributed by atoms with Crippen LogP contribution < -0.4 is 10.1 Å². The molecular formula is C19H21NO2S. The molecule has 0 unspecified atom stereocenters. The first-order valence-electron chi connectivity index (χ1n) is 7.49. The molecule has 0 fully saturated rings.